The average molecular weight is 461 g/mol. The van der Waals surface area contributed by atoms with Crippen LogP contribution in [0.5, 0.6) is 5.75 Å². The smallest absolute Gasteiger partial charge is 0.266 e. The van der Waals surface area contributed by atoms with Crippen LogP contribution in [0.25, 0.3) is 6.08 Å². The second-order valence-electron chi connectivity index (χ2n) is 6.78. The van der Waals surface area contributed by atoms with E-state index in [2.05, 4.69) is 27.3 Å². The van der Waals surface area contributed by atoms with Crippen molar-refractivity contribution < 1.29 is 9.53 Å². The van der Waals surface area contributed by atoms with Gasteiger partial charge in [0.05, 0.1) is 7.11 Å². The van der Waals surface area contributed by atoms with Gasteiger partial charge in [0.2, 0.25) is 0 Å². The summed E-state index contributed by atoms with van der Waals surface area (Å²) in [6, 6.07) is 23.1. The first-order valence-electron chi connectivity index (χ1n) is 9.41. The van der Waals surface area contributed by atoms with Gasteiger partial charge < -0.3 is 10.1 Å². The van der Waals surface area contributed by atoms with Gasteiger partial charge in [-0.2, -0.15) is 5.26 Å². The number of hydrogen-bond donors (Lipinski definition) is 1. The summed E-state index contributed by atoms with van der Waals surface area (Å²) in [6.07, 6.45) is 2.27. The first kappa shape index (κ1) is 21.4. The minimum atomic E-state index is -0.442. The molecule has 0 bridgehead atoms. The molecule has 3 rings (SSSR count). The van der Waals surface area contributed by atoms with E-state index in [0.29, 0.717) is 17.9 Å². The summed E-state index contributed by atoms with van der Waals surface area (Å²) in [7, 11) is 1.61. The molecule has 0 aliphatic rings. The molecule has 0 aliphatic heterocycles. The van der Waals surface area contributed by atoms with Gasteiger partial charge in [0.1, 0.15) is 17.4 Å². The topological polar surface area (TPSA) is 62.1 Å². The SMILES string of the molecule is COc1cc(/C=C(\C#N)C(=O)Nc2ccccc2C)ccc1Cc1ccccc1Br. The van der Waals surface area contributed by atoms with Crippen molar-refractivity contribution in [1.29, 1.82) is 5.26 Å². The molecule has 0 saturated heterocycles. The Kier molecular flexibility index (Phi) is 7.05. The van der Waals surface area contributed by atoms with Crippen LogP contribution in [0.1, 0.15) is 22.3 Å². The normalized spacial score (nSPS) is 10.9. The van der Waals surface area contributed by atoms with E-state index in [4.69, 9.17) is 4.74 Å². The lowest BCUT2D eigenvalue weighted by Crippen LogP contribution is -2.14. The number of ether oxygens (including phenoxy) is 1. The van der Waals surface area contributed by atoms with Crippen molar-refractivity contribution in [1.82, 2.24) is 0 Å². The van der Waals surface area contributed by atoms with E-state index in [1.54, 1.807) is 13.2 Å². The van der Waals surface area contributed by atoms with E-state index in [1.807, 2.05) is 73.7 Å². The van der Waals surface area contributed by atoms with Crippen LogP contribution in [0.2, 0.25) is 0 Å². The van der Waals surface area contributed by atoms with Crippen molar-refractivity contribution in [2.75, 3.05) is 12.4 Å². The lowest BCUT2D eigenvalue weighted by atomic mass is 10.0. The monoisotopic (exact) mass is 460 g/mol. The number of carbonyl (C=O) groups excluding carboxylic acids is 1. The van der Waals surface area contributed by atoms with Crippen LogP contribution in [0.15, 0.2) is 76.8 Å². The van der Waals surface area contributed by atoms with Crippen molar-refractivity contribution in [3.8, 4) is 11.8 Å². The zero-order valence-corrected chi connectivity index (χ0v) is 18.4. The minimum absolute atomic E-state index is 0.0267. The van der Waals surface area contributed by atoms with Crippen LogP contribution in [0, 0.1) is 18.3 Å². The fourth-order valence-corrected chi connectivity index (χ4v) is 3.49. The zero-order valence-electron chi connectivity index (χ0n) is 16.8. The Balaban J connectivity index is 1.84. The van der Waals surface area contributed by atoms with Gasteiger partial charge in [0.15, 0.2) is 0 Å². The summed E-state index contributed by atoms with van der Waals surface area (Å²) < 4.78 is 6.59. The van der Waals surface area contributed by atoms with Gasteiger partial charge in [0.25, 0.3) is 5.91 Å². The number of hydrogen-bond acceptors (Lipinski definition) is 3. The number of para-hydroxylation sites is 1. The predicted molar refractivity (Wildman–Crippen MR) is 123 cm³/mol. The molecule has 0 aliphatic carbocycles. The Morgan fingerprint density at radius 2 is 1.83 bits per heavy atom. The average Bonchev–Trinajstić information content (AvgIpc) is 2.76. The van der Waals surface area contributed by atoms with E-state index in [0.717, 1.165) is 26.7 Å². The molecule has 0 spiro atoms. The Morgan fingerprint density at radius 3 is 2.53 bits per heavy atom. The van der Waals surface area contributed by atoms with Crippen molar-refractivity contribution in [3.05, 3.63) is 99.0 Å². The standard InChI is InChI=1S/C25H21BrN2O2/c1-17-7-3-6-10-23(17)28-25(29)21(16-27)13-18-11-12-20(24(14-18)30-2)15-19-8-4-5-9-22(19)26/h3-14H,15H2,1-2H3,(H,28,29)/b21-13+. The third kappa shape index (κ3) is 5.16. The van der Waals surface area contributed by atoms with Crippen molar-refractivity contribution in [3.63, 3.8) is 0 Å². The second-order valence-corrected chi connectivity index (χ2v) is 7.63. The molecule has 1 N–H and O–H groups in total. The Morgan fingerprint density at radius 1 is 1.10 bits per heavy atom. The van der Waals surface area contributed by atoms with Crippen molar-refractivity contribution in [2.45, 2.75) is 13.3 Å². The number of amides is 1. The molecule has 30 heavy (non-hydrogen) atoms. The van der Waals surface area contributed by atoms with Gasteiger partial charge in [-0.1, -0.05) is 64.5 Å². The maximum atomic E-state index is 12.6. The minimum Gasteiger partial charge on any atom is -0.496 e. The number of rotatable bonds is 6. The van der Waals surface area contributed by atoms with Crippen LogP contribution in [-0.2, 0) is 11.2 Å². The summed E-state index contributed by atoms with van der Waals surface area (Å²) in [5, 5.41) is 12.3. The fraction of sp³-hybridized carbons (Fsp3) is 0.120. The Bertz CT molecular complexity index is 1150. The molecule has 0 aromatic heterocycles. The first-order valence-corrected chi connectivity index (χ1v) is 10.2. The highest BCUT2D eigenvalue weighted by Crippen LogP contribution is 2.27. The van der Waals surface area contributed by atoms with Crippen molar-refractivity contribution in [2.24, 2.45) is 0 Å². The van der Waals surface area contributed by atoms with Crippen LogP contribution >= 0.6 is 15.9 Å². The maximum absolute atomic E-state index is 12.6. The van der Waals surface area contributed by atoms with Crippen molar-refractivity contribution >= 4 is 33.6 Å². The third-order valence-electron chi connectivity index (χ3n) is 4.72. The van der Waals surface area contributed by atoms with Gasteiger partial charge in [0, 0.05) is 16.6 Å². The molecule has 0 radical (unpaired) electrons. The number of nitrogens with zero attached hydrogens (tertiary/aromatic N) is 1. The molecule has 0 unspecified atom stereocenters. The number of halogens is 1. The van der Waals surface area contributed by atoms with Crippen LogP contribution in [0.3, 0.4) is 0 Å². The Labute approximate surface area is 184 Å². The first-order chi connectivity index (χ1) is 14.5. The molecular weight excluding hydrogens is 440 g/mol. The summed E-state index contributed by atoms with van der Waals surface area (Å²) in [6.45, 7) is 1.90. The number of nitrogens with one attached hydrogen (secondary N) is 1. The number of carbonyl (C=O) groups is 1. The van der Waals surface area contributed by atoms with E-state index in [-0.39, 0.29) is 5.57 Å². The highest BCUT2D eigenvalue weighted by Gasteiger charge is 2.12. The molecule has 3 aromatic carbocycles. The predicted octanol–water partition coefficient (Wildman–Crippen LogP) is 5.90. The number of anilines is 1. The number of aryl methyl sites for hydroxylation is 1. The molecule has 0 heterocycles. The summed E-state index contributed by atoms with van der Waals surface area (Å²) in [5.41, 5.74) is 4.53. The molecule has 3 aromatic rings. The highest BCUT2D eigenvalue weighted by atomic mass is 79.9. The molecule has 1 amide bonds. The number of methoxy groups -OCH3 is 1. The molecule has 4 nitrogen and oxygen atoms in total. The van der Waals surface area contributed by atoms with E-state index < -0.39 is 5.91 Å². The Hall–Kier alpha value is -3.36. The largest absolute Gasteiger partial charge is 0.496 e. The van der Waals surface area contributed by atoms with E-state index >= 15 is 0 Å². The second kappa shape index (κ2) is 9.91. The quantitative estimate of drug-likeness (QED) is 0.367. The van der Waals surface area contributed by atoms with Gasteiger partial charge in [-0.15, -0.1) is 0 Å². The molecule has 5 heteroatoms. The van der Waals surface area contributed by atoms with Gasteiger partial charge in [-0.25, -0.2) is 0 Å². The van der Waals surface area contributed by atoms with Gasteiger partial charge >= 0.3 is 0 Å². The third-order valence-corrected chi connectivity index (χ3v) is 5.49. The van der Waals surface area contributed by atoms with Crippen LogP contribution < -0.4 is 10.1 Å². The lowest BCUT2D eigenvalue weighted by Gasteiger charge is -2.11. The molecular formula is C25H21BrN2O2. The molecule has 0 atom stereocenters. The number of nitriles is 1. The summed E-state index contributed by atoms with van der Waals surface area (Å²) in [5.74, 6) is 0.263. The van der Waals surface area contributed by atoms with E-state index in [9.17, 15) is 10.1 Å². The van der Waals surface area contributed by atoms with Crippen LogP contribution in [0.4, 0.5) is 5.69 Å². The maximum Gasteiger partial charge on any atom is 0.266 e. The summed E-state index contributed by atoms with van der Waals surface area (Å²) in [4.78, 5) is 12.6. The van der Waals surface area contributed by atoms with Gasteiger partial charge in [-0.3, -0.25) is 4.79 Å². The van der Waals surface area contributed by atoms with Crippen LogP contribution in [-0.4, -0.2) is 13.0 Å². The summed E-state index contributed by atoms with van der Waals surface area (Å²) >= 11 is 3.57. The molecule has 150 valence electrons. The highest BCUT2D eigenvalue weighted by molar-refractivity contribution is 9.10. The van der Waals surface area contributed by atoms with E-state index in [1.165, 1.54) is 0 Å². The molecule has 0 saturated carbocycles. The lowest BCUT2D eigenvalue weighted by molar-refractivity contribution is -0.112. The zero-order chi connectivity index (χ0) is 21.5. The number of benzene rings is 3. The molecule has 0 fully saturated rings. The fourth-order valence-electron chi connectivity index (χ4n) is 3.06. The van der Waals surface area contributed by atoms with Gasteiger partial charge in [-0.05, 0) is 53.5 Å².